The Bertz CT molecular complexity index is 965. The maximum atomic E-state index is 13.0. The van der Waals surface area contributed by atoms with E-state index in [1.54, 1.807) is 0 Å². The van der Waals surface area contributed by atoms with Crippen molar-refractivity contribution in [3.63, 3.8) is 0 Å². The van der Waals surface area contributed by atoms with E-state index >= 15 is 0 Å². The Morgan fingerprint density at radius 3 is 2.50 bits per heavy atom. The van der Waals surface area contributed by atoms with Crippen molar-refractivity contribution < 1.29 is 14.1 Å². The standard InChI is InChI=1S/C23H31N3O3S/c1-21(2,3)18-13-23(10-11-26(18)20(27)28)12-17-15(14-24)8-7-9-16(17)19(23)25-30(29)22(4,5)6/h7-9,18H,10-13H2,1-6H3,(H,27,28)/b25-19+/t18-,23?,30?/m1/s1. The highest BCUT2D eigenvalue weighted by molar-refractivity contribution is 7.85. The van der Waals surface area contributed by atoms with Gasteiger partial charge in [0.1, 0.15) is 11.0 Å². The molecule has 162 valence electrons. The maximum absolute atomic E-state index is 13.0. The van der Waals surface area contributed by atoms with Crippen LogP contribution < -0.4 is 0 Å². The van der Waals surface area contributed by atoms with Crippen molar-refractivity contribution >= 4 is 22.8 Å². The summed E-state index contributed by atoms with van der Waals surface area (Å²) < 4.78 is 17.3. The van der Waals surface area contributed by atoms with E-state index in [9.17, 15) is 19.4 Å². The predicted octanol–water partition coefficient (Wildman–Crippen LogP) is 4.54. The second-order valence-electron chi connectivity index (χ2n) is 10.5. The summed E-state index contributed by atoms with van der Waals surface area (Å²) in [4.78, 5) is 13.5. The lowest BCUT2D eigenvalue weighted by Crippen LogP contribution is -2.56. The quantitative estimate of drug-likeness (QED) is 0.709. The molecule has 1 heterocycles. The number of likely N-dealkylation sites (tertiary alicyclic amines) is 1. The summed E-state index contributed by atoms with van der Waals surface area (Å²) in [6.45, 7) is 12.2. The Morgan fingerprint density at radius 1 is 1.30 bits per heavy atom. The number of carboxylic acid groups (broad SMARTS) is 1. The number of nitriles is 1. The topological polar surface area (TPSA) is 93.8 Å². The third-order valence-corrected chi connectivity index (χ3v) is 7.70. The summed E-state index contributed by atoms with van der Waals surface area (Å²) in [7, 11) is -1.45. The number of carbonyl (C=O) groups is 1. The zero-order valence-electron chi connectivity index (χ0n) is 18.7. The van der Waals surface area contributed by atoms with Crippen LogP contribution in [0, 0.1) is 22.2 Å². The van der Waals surface area contributed by atoms with Gasteiger partial charge in [0.05, 0.1) is 22.1 Å². The molecule has 1 aliphatic carbocycles. The van der Waals surface area contributed by atoms with E-state index in [2.05, 4.69) is 26.8 Å². The van der Waals surface area contributed by atoms with Crippen molar-refractivity contribution in [3.05, 3.63) is 34.9 Å². The second kappa shape index (κ2) is 7.49. The fraction of sp³-hybridized carbons (Fsp3) is 0.609. The van der Waals surface area contributed by atoms with Crippen LogP contribution in [0.2, 0.25) is 0 Å². The summed E-state index contributed by atoms with van der Waals surface area (Å²) in [5, 5.41) is 19.4. The van der Waals surface area contributed by atoms with Crippen molar-refractivity contribution in [2.45, 2.75) is 71.6 Å². The molecule has 1 aromatic carbocycles. The van der Waals surface area contributed by atoms with Crippen molar-refractivity contribution in [2.75, 3.05) is 6.54 Å². The summed E-state index contributed by atoms with van der Waals surface area (Å²) in [5.74, 6) is 0. The average molecular weight is 430 g/mol. The molecule has 0 radical (unpaired) electrons. The van der Waals surface area contributed by atoms with E-state index in [0.717, 1.165) is 16.8 Å². The van der Waals surface area contributed by atoms with Gasteiger partial charge in [-0.05, 0) is 57.1 Å². The number of hydrogen-bond donors (Lipinski definition) is 1. The smallest absolute Gasteiger partial charge is 0.407 e. The predicted molar refractivity (Wildman–Crippen MR) is 119 cm³/mol. The van der Waals surface area contributed by atoms with Gasteiger partial charge in [-0.1, -0.05) is 32.9 Å². The molecule has 1 saturated heterocycles. The molecule has 2 unspecified atom stereocenters. The van der Waals surface area contributed by atoms with Gasteiger partial charge in [0.2, 0.25) is 0 Å². The van der Waals surface area contributed by atoms with Gasteiger partial charge in [-0.3, -0.25) is 0 Å². The minimum atomic E-state index is -1.45. The molecule has 0 aromatic heterocycles. The van der Waals surface area contributed by atoms with Gasteiger partial charge in [-0.15, -0.1) is 0 Å². The number of rotatable bonds is 1. The molecule has 1 aromatic rings. The first kappa shape index (κ1) is 22.5. The maximum Gasteiger partial charge on any atom is 0.407 e. The lowest BCUT2D eigenvalue weighted by atomic mass is 9.66. The first-order valence-electron chi connectivity index (χ1n) is 10.3. The number of hydrogen-bond acceptors (Lipinski definition) is 3. The normalized spacial score (nSPS) is 26.5. The van der Waals surface area contributed by atoms with Crippen molar-refractivity contribution in [3.8, 4) is 6.07 Å². The molecule has 3 atom stereocenters. The van der Waals surface area contributed by atoms with E-state index in [1.165, 1.54) is 4.90 Å². The Kier molecular flexibility index (Phi) is 5.61. The minimum Gasteiger partial charge on any atom is -0.465 e. The fourth-order valence-electron chi connectivity index (χ4n) is 4.63. The van der Waals surface area contributed by atoms with E-state index in [0.29, 0.717) is 31.4 Å². The first-order chi connectivity index (χ1) is 13.8. The van der Waals surface area contributed by atoms with Gasteiger partial charge < -0.3 is 10.0 Å². The molecule has 2 aliphatic rings. The third kappa shape index (κ3) is 3.90. The molecule has 0 saturated carbocycles. The van der Waals surface area contributed by atoms with Gasteiger partial charge in [-0.2, -0.15) is 9.66 Å². The van der Waals surface area contributed by atoms with E-state index < -0.39 is 27.2 Å². The van der Waals surface area contributed by atoms with Crippen LogP contribution >= 0.6 is 0 Å². The molecule has 1 amide bonds. The molecule has 1 N–H and O–H groups in total. The number of piperidine rings is 1. The highest BCUT2D eigenvalue weighted by Crippen LogP contribution is 2.50. The number of benzene rings is 1. The van der Waals surface area contributed by atoms with Crippen LogP contribution in [0.15, 0.2) is 22.6 Å². The number of fused-ring (bicyclic) bond motifs is 1. The fourth-order valence-corrected chi connectivity index (χ4v) is 5.36. The molecular formula is C23H31N3O3S. The van der Waals surface area contributed by atoms with Crippen molar-refractivity contribution in [1.82, 2.24) is 4.90 Å². The molecule has 7 heteroatoms. The average Bonchev–Trinajstić information content (AvgIpc) is 2.93. The SMILES string of the molecule is CC(C)(C)[C@H]1CC2(CCN1C(=O)O)Cc1c(C#N)cccc1/C2=N\S(=O)C(C)(C)C. The van der Waals surface area contributed by atoms with Crippen LogP contribution in [0.5, 0.6) is 0 Å². The van der Waals surface area contributed by atoms with Crippen LogP contribution in [0.1, 0.15) is 71.1 Å². The third-order valence-electron chi connectivity index (χ3n) is 6.30. The monoisotopic (exact) mass is 429 g/mol. The molecule has 3 rings (SSSR count). The van der Waals surface area contributed by atoms with Crippen LogP contribution in [-0.2, 0) is 17.4 Å². The zero-order valence-corrected chi connectivity index (χ0v) is 19.5. The van der Waals surface area contributed by atoms with Gasteiger partial charge in [0.15, 0.2) is 0 Å². The molecule has 1 spiro atoms. The first-order valence-corrected chi connectivity index (χ1v) is 11.4. The molecular weight excluding hydrogens is 398 g/mol. The van der Waals surface area contributed by atoms with Crippen molar-refractivity contribution in [1.29, 1.82) is 5.26 Å². The molecule has 0 bridgehead atoms. The lowest BCUT2D eigenvalue weighted by Gasteiger charge is -2.49. The second-order valence-corrected chi connectivity index (χ2v) is 12.4. The molecule has 1 aliphatic heterocycles. The van der Waals surface area contributed by atoms with Crippen LogP contribution in [0.4, 0.5) is 4.79 Å². The summed E-state index contributed by atoms with van der Waals surface area (Å²) in [5.41, 5.74) is 2.56. The summed E-state index contributed by atoms with van der Waals surface area (Å²) >= 11 is 0. The summed E-state index contributed by atoms with van der Waals surface area (Å²) in [6, 6.07) is 7.70. The number of amides is 1. The van der Waals surface area contributed by atoms with Crippen LogP contribution in [-0.4, -0.2) is 43.4 Å². The van der Waals surface area contributed by atoms with E-state index in [1.807, 2.05) is 39.0 Å². The minimum absolute atomic E-state index is 0.197. The van der Waals surface area contributed by atoms with E-state index in [-0.39, 0.29) is 11.5 Å². The Morgan fingerprint density at radius 2 is 1.97 bits per heavy atom. The zero-order chi connectivity index (χ0) is 22.5. The van der Waals surface area contributed by atoms with Crippen molar-refractivity contribution in [2.24, 2.45) is 15.2 Å². The Balaban J connectivity index is 2.17. The largest absolute Gasteiger partial charge is 0.465 e. The van der Waals surface area contributed by atoms with Gasteiger partial charge in [0, 0.05) is 23.6 Å². The Labute approximate surface area is 181 Å². The van der Waals surface area contributed by atoms with Crippen LogP contribution in [0.25, 0.3) is 0 Å². The number of nitrogens with zero attached hydrogens (tertiary/aromatic N) is 3. The highest BCUT2D eigenvalue weighted by Gasteiger charge is 2.52. The van der Waals surface area contributed by atoms with E-state index in [4.69, 9.17) is 4.40 Å². The molecule has 1 fully saturated rings. The lowest BCUT2D eigenvalue weighted by molar-refractivity contribution is 0.0278. The molecule has 30 heavy (non-hydrogen) atoms. The highest BCUT2D eigenvalue weighted by atomic mass is 32.2. The van der Waals surface area contributed by atoms with Gasteiger partial charge in [-0.25, -0.2) is 9.00 Å². The van der Waals surface area contributed by atoms with Crippen LogP contribution in [0.3, 0.4) is 0 Å². The van der Waals surface area contributed by atoms with Gasteiger partial charge >= 0.3 is 6.09 Å². The summed E-state index contributed by atoms with van der Waals surface area (Å²) in [6.07, 6.45) is 0.926. The Hall–Kier alpha value is -2.20. The molecule has 6 nitrogen and oxygen atoms in total. The van der Waals surface area contributed by atoms with Gasteiger partial charge in [0.25, 0.3) is 0 Å².